The van der Waals surface area contributed by atoms with Crippen LogP contribution in [0, 0.1) is 6.92 Å². The number of benzene rings is 2. The minimum Gasteiger partial charge on any atom is -0.408 e. The lowest BCUT2D eigenvalue weighted by atomic mass is 10.2. The first-order valence-electron chi connectivity index (χ1n) is 8.98. The molecule has 4 aromatic rings. The van der Waals surface area contributed by atoms with Crippen LogP contribution in [0.4, 0.5) is 23.1 Å². The van der Waals surface area contributed by atoms with E-state index in [1.165, 1.54) is 16.7 Å². The lowest BCUT2D eigenvalue weighted by Gasteiger charge is -2.11. The second-order valence-corrected chi connectivity index (χ2v) is 8.90. The minimum absolute atomic E-state index is 0.204. The predicted molar refractivity (Wildman–Crippen MR) is 114 cm³/mol. The van der Waals surface area contributed by atoms with E-state index in [-0.39, 0.29) is 4.90 Å². The van der Waals surface area contributed by atoms with E-state index < -0.39 is 15.6 Å². The molecule has 0 aliphatic heterocycles. The lowest BCUT2D eigenvalue weighted by Crippen LogP contribution is -2.08. The van der Waals surface area contributed by atoms with Crippen molar-refractivity contribution in [3.05, 3.63) is 64.8 Å². The average molecular weight is 425 g/mol. The Kier molecular flexibility index (Phi) is 4.78. The quantitative estimate of drug-likeness (QED) is 0.501. The van der Waals surface area contributed by atoms with Crippen molar-refractivity contribution in [3.8, 4) is 0 Å². The van der Waals surface area contributed by atoms with Crippen molar-refractivity contribution in [1.82, 2.24) is 14.5 Å². The number of fused-ring (bicyclic) bond motifs is 1. The first-order chi connectivity index (χ1) is 14.2. The Morgan fingerprint density at radius 1 is 1.07 bits per heavy atom. The monoisotopic (exact) mass is 425 g/mol. The molecular formula is C20H19N5O4S. The molecule has 2 aromatic carbocycles. The molecule has 10 heteroatoms. The highest BCUT2D eigenvalue weighted by Crippen LogP contribution is 2.24. The molecule has 2 heterocycles. The summed E-state index contributed by atoms with van der Waals surface area (Å²) in [7, 11) is -1.67. The van der Waals surface area contributed by atoms with Crippen molar-refractivity contribution in [3.63, 3.8) is 0 Å². The van der Waals surface area contributed by atoms with E-state index in [4.69, 9.17) is 4.42 Å². The van der Waals surface area contributed by atoms with Crippen molar-refractivity contribution in [2.45, 2.75) is 11.8 Å². The summed E-state index contributed by atoms with van der Waals surface area (Å²) in [6, 6.07) is 11.8. The summed E-state index contributed by atoms with van der Waals surface area (Å²) in [4.78, 5) is 20.6. The first kappa shape index (κ1) is 19.6. The van der Waals surface area contributed by atoms with Crippen LogP contribution in [-0.2, 0) is 16.9 Å². The van der Waals surface area contributed by atoms with E-state index in [1.807, 2.05) is 13.0 Å². The zero-order valence-electron chi connectivity index (χ0n) is 16.5. The molecule has 0 spiro atoms. The molecular weight excluding hydrogens is 406 g/mol. The van der Waals surface area contributed by atoms with Crippen LogP contribution in [0.3, 0.4) is 0 Å². The van der Waals surface area contributed by atoms with Gasteiger partial charge in [0.25, 0.3) is 0 Å². The zero-order valence-corrected chi connectivity index (χ0v) is 17.3. The topological polar surface area (TPSA) is 119 Å². The van der Waals surface area contributed by atoms with Gasteiger partial charge in [-0.25, -0.2) is 18.2 Å². The molecule has 0 radical (unpaired) electrons. The van der Waals surface area contributed by atoms with Gasteiger partial charge in [-0.15, -0.1) is 0 Å². The minimum atomic E-state index is -3.32. The number of sulfone groups is 1. The number of hydrogen-bond donors (Lipinski definition) is 2. The summed E-state index contributed by atoms with van der Waals surface area (Å²) in [6.45, 7) is 1.86. The summed E-state index contributed by atoms with van der Waals surface area (Å²) < 4.78 is 30.2. The molecule has 4 rings (SSSR count). The van der Waals surface area contributed by atoms with Gasteiger partial charge in [0, 0.05) is 42.5 Å². The normalized spacial score (nSPS) is 11.6. The molecule has 154 valence electrons. The van der Waals surface area contributed by atoms with Gasteiger partial charge >= 0.3 is 5.76 Å². The van der Waals surface area contributed by atoms with Crippen LogP contribution >= 0.6 is 0 Å². The molecule has 0 saturated heterocycles. The molecule has 0 amide bonds. The van der Waals surface area contributed by atoms with Gasteiger partial charge in [0.2, 0.25) is 5.95 Å². The molecule has 2 aromatic heterocycles. The number of anilines is 4. The molecule has 0 bridgehead atoms. The smallest absolute Gasteiger partial charge is 0.408 e. The van der Waals surface area contributed by atoms with Crippen molar-refractivity contribution in [2.24, 2.45) is 7.05 Å². The van der Waals surface area contributed by atoms with Gasteiger partial charge in [0.1, 0.15) is 5.82 Å². The van der Waals surface area contributed by atoms with Crippen LogP contribution in [0.2, 0.25) is 0 Å². The van der Waals surface area contributed by atoms with E-state index in [9.17, 15) is 13.2 Å². The van der Waals surface area contributed by atoms with Gasteiger partial charge in [-0.3, -0.25) is 4.57 Å². The molecule has 0 aliphatic carbocycles. The van der Waals surface area contributed by atoms with Gasteiger partial charge in [0.05, 0.1) is 10.4 Å². The van der Waals surface area contributed by atoms with Crippen LogP contribution in [0.5, 0.6) is 0 Å². The van der Waals surface area contributed by atoms with Crippen molar-refractivity contribution < 1.29 is 12.8 Å². The highest BCUT2D eigenvalue weighted by Gasteiger charge is 2.11. The molecule has 0 fully saturated rings. The number of hydrogen-bond acceptors (Lipinski definition) is 8. The Bertz CT molecular complexity index is 1420. The van der Waals surface area contributed by atoms with E-state index in [0.29, 0.717) is 34.2 Å². The van der Waals surface area contributed by atoms with Crippen LogP contribution in [0.15, 0.2) is 62.8 Å². The van der Waals surface area contributed by atoms with Crippen LogP contribution in [0.25, 0.3) is 11.1 Å². The zero-order chi connectivity index (χ0) is 21.5. The van der Waals surface area contributed by atoms with Crippen molar-refractivity contribution >= 4 is 44.1 Å². The van der Waals surface area contributed by atoms with Gasteiger partial charge in [-0.1, -0.05) is 6.07 Å². The standard InChI is InChI=1S/C20H19N5O4S/c1-12-11-21-19(23-13-5-4-6-15(9-13)30(3,27)28)24-18(12)22-14-7-8-16-17(10-14)29-20(26)25(16)2/h4-11H,1-3H3,(H2,21,22,23,24). The Morgan fingerprint density at radius 2 is 1.83 bits per heavy atom. The third-order valence-electron chi connectivity index (χ3n) is 4.55. The highest BCUT2D eigenvalue weighted by atomic mass is 32.2. The fourth-order valence-corrected chi connectivity index (χ4v) is 3.58. The van der Waals surface area contributed by atoms with E-state index in [0.717, 1.165) is 11.8 Å². The van der Waals surface area contributed by atoms with Crippen molar-refractivity contribution in [2.75, 3.05) is 16.9 Å². The summed E-state index contributed by atoms with van der Waals surface area (Å²) in [5.74, 6) is 0.439. The number of nitrogens with one attached hydrogen (secondary N) is 2. The van der Waals surface area contributed by atoms with E-state index >= 15 is 0 Å². The van der Waals surface area contributed by atoms with E-state index in [1.54, 1.807) is 37.5 Å². The summed E-state index contributed by atoms with van der Waals surface area (Å²) in [5.41, 5.74) is 3.22. The SMILES string of the molecule is Cc1cnc(Nc2cccc(S(C)(=O)=O)c2)nc1Nc1ccc2c(c1)oc(=O)n2C. The fourth-order valence-electron chi connectivity index (χ4n) is 2.91. The Balaban J connectivity index is 1.62. The third kappa shape index (κ3) is 3.90. The van der Waals surface area contributed by atoms with Gasteiger partial charge in [-0.2, -0.15) is 4.98 Å². The average Bonchev–Trinajstić information content (AvgIpc) is 2.97. The van der Waals surface area contributed by atoms with Gasteiger partial charge in [0.15, 0.2) is 15.4 Å². The van der Waals surface area contributed by atoms with Gasteiger partial charge in [-0.05, 0) is 37.3 Å². The number of aromatic nitrogens is 3. The molecule has 9 nitrogen and oxygen atoms in total. The molecule has 0 unspecified atom stereocenters. The molecule has 0 saturated carbocycles. The van der Waals surface area contributed by atoms with Gasteiger partial charge < -0.3 is 15.1 Å². The number of rotatable bonds is 5. The fraction of sp³-hybridized carbons (Fsp3) is 0.150. The molecule has 0 atom stereocenters. The number of aryl methyl sites for hydroxylation is 2. The summed E-state index contributed by atoms with van der Waals surface area (Å²) >= 11 is 0. The Hall–Kier alpha value is -3.66. The number of oxazole rings is 1. The van der Waals surface area contributed by atoms with Crippen LogP contribution < -0.4 is 16.4 Å². The predicted octanol–water partition coefficient (Wildman–Crippen LogP) is 3.12. The Morgan fingerprint density at radius 3 is 2.60 bits per heavy atom. The molecule has 0 aliphatic rings. The van der Waals surface area contributed by atoms with Crippen LogP contribution in [0.1, 0.15) is 5.56 Å². The van der Waals surface area contributed by atoms with Crippen molar-refractivity contribution in [1.29, 1.82) is 0 Å². The summed E-state index contributed by atoms with van der Waals surface area (Å²) in [6.07, 6.45) is 2.81. The second-order valence-electron chi connectivity index (χ2n) is 6.88. The van der Waals surface area contributed by atoms with Crippen LogP contribution in [-0.4, -0.2) is 29.2 Å². The first-order valence-corrected chi connectivity index (χ1v) is 10.9. The second kappa shape index (κ2) is 7.30. The Labute approximate surface area is 172 Å². The third-order valence-corrected chi connectivity index (χ3v) is 5.66. The summed E-state index contributed by atoms with van der Waals surface area (Å²) in [5, 5.41) is 6.22. The molecule has 30 heavy (non-hydrogen) atoms. The molecule has 2 N–H and O–H groups in total. The number of nitrogens with zero attached hydrogens (tertiary/aromatic N) is 3. The highest BCUT2D eigenvalue weighted by molar-refractivity contribution is 7.90. The maximum Gasteiger partial charge on any atom is 0.419 e. The van der Waals surface area contributed by atoms with E-state index in [2.05, 4.69) is 20.6 Å². The lowest BCUT2D eigenvalue weighted by molar-refractivity contribution is 0.528. The maximum atomic E-state index is 11.8. The largest absolute Gasteiger partial charge is 0.419 e. The maximum absolute atomic E-state index is 11.8.